The Morgan fingerprint density at radius 2 is 2.19 bits per heavy atom. The summed E-state index contributed by atoms with van der Waals surface area (Å²) in [4.78, 5) is 9.32. The molecule has 1 aromatic carbocycles. The topological polar surface area (TPSA) is 57.8 Å². The summed E-state index contributed by atoms with van der Waals surface area (Å²) in [5.41, 5.74) is 2.52. The van der Waals surface area contributed by atoms with E-state index in [1.54, 1.807) is 0 Å². The van der Waals surface area contributed by atoms with Crippen LogP contribution in [-0.4, -0.2) is 37.5 Å². The normalized spacial score (nSPS) is 16.9. The molecular weight excluding hydrogens is 338 g/mol. The van der Waals surface area contributed by atoms with Crippen molar-refractivity contribution < 1.29 is 4.74 Å². The van der Waals surface area contributed by atoms with Crippen molar-refractivity contribution >= 4 is 0 Å². The van der Waals surface area contributed by atoms with Gasteiger partial charge in [-0.05, 0) is 18.9 Å². The van der Waals surface area contributed by atoms with Crippen LogP contribution < -0.4 is 0 Å². The monoisotopic (exact) mass is 365 g/mol. The van der Waals surface area contributed by atoms with Crippen molar-refractivity contribution in [2.24, 2.45) is 0 Å². The van der Waals surface area contributed by atoms with E-state index in [1.165, 1.54) is 11.1 Å². The van der Waals surface area contributed by atoms with E-state index >= 15 is 0 Å². The molecule has 2 aromatic heterocycles. The Morgan fingerprint density at radius 3 is 2.96 bits per heavy atom. The molecule has 0 aliphatic carbocycles. The number of hydrogen-bond acceptors (Lipinski definition) is 4. The van der Waals surface area contributed by atoms with Crippen LogP contribution >= 0.6 is 0 Å². The zero-order valence-corrected chi connectivity index (χ0v) is 16.1. The van der Waals surface area contributed by atoms with Crippen molar-refractivity contribution in [3.63, 3.8) is 0 Å². The van der Waals surface area contributed by atoms with Gasteiger partial charge in [0.05, 0.1) is 13.2 Å². The fourth-order valence-electron chi connectivity index (χ4n) is 3.68. The van der Waals surface area contributed by atoms with E-state index < -0.39 is 0 Å². The number of benzene rings is 1. The van der Waals surface area contributed by atoms with Gasteiger partial charge in [0.1, 0.15) is 11.6 Å². The van der Waals surface area contributed by atoms with Crippen LogP contribution in [0.3, 0.4) is 0 Å². The van der Waals surface area contributed by atoms with Crippen LogP contribution in [0.1, 0.15) is 47.9 Å². The van der Waals surface area contributed by atoms with Crippen molar-refractivity contribution in [3.05, 3.63) is 65.3 Å². The second-order valence-corrected chi connectivity index (χ2v) is 7.23. The number of hydrogen-bond donors (Lipinski definition) is 0. The number of rotatable bonds is 7. The van der Waals surface area contributed by atoms with Crippen LogP contribution in [0.5, 0.6) is 0 Å². The standard InChI is InChI=1S/C21H27N5O/c1-3-19-22-9-11-25(19)10-7-20-23-21(18-8-12-27-15-18)24-26(20)14-17-6-4-5-16(2)13-17/h4-6,9,11,13,18H,3,7-8,10,12,14-15H2,1-2H3/t18-/m0/s1. The lowest BCUT2D eigenvalue weighted by Gasteiger charge is -2.09. The highest BCUT2D eigenvalue weighted by molar-refractivity contribution is 5.22. The minimum atomic E-state index is 0.321. The van der Waals surface area contributed by atoms with Crippen LogP contribution in [0.15, 0.2) is 36.7 Å². The third-order valence-corrected chi connectivity index (χ3v) is 5.17. The first-order chi connectivity index (χ1) is 13.2. The molecule has 6 heteroatoms. The Labute approximate surface area is 160 Å². The predicted octanol–water partition coefficient (Wildman–Crippen LogP) is 3.14. The molecule has 0 spiro atoms. The van der Waals surface area contributed by atoms with Crippen molar-refractivity contribution in [2.45, 2.75) is 52.1 Å². The molecule has 0 radical (unpaired) electrons. The number of nitrogens with zero attached hydrogens (tertiary/aromatic N) is 5. The van der Waals surface area contributed by atoms with E-state index in [2.05, 4.69) is 52.3 Å². The minimum absolute atomic E-state index is 0.321. The summed E-state index contributed by atoms with van der Waals surface area (Å²) in [5.74, 6) is 3.40. The van der Waals surface area contributed by atoms with Crippen LogP contribution in [0.2, 0.25) is 0 Å². The molecule has 6 nitrogen and oxygen atoms in total. The van der Waals surface area contributed by atoms with Gasteiger partial charge in [0, 0.05) is 44.3 Å². The molecule has 0 bridgehead atoms. The maximum Gasteiger partial charge on any atom is 0.156 e. The number of aromatic nitrogens is 5. The summed E-state index contributed by atoms with van der Waals surface area (Å²) in [6.45, 7) is 7.42. The van der Waals surface area contributed by atoms with Gasteiger partial charge in [0.25, 0.3) is 0 Å². The summed E-state index contributed by atoms with van der Waals surface area (Å²) in [6.07, 6.45) is 6.71. The van der Waals surface area contributed by atoms with Gasteiger partial charge in [0.2, 0.25) is 0 Å². The van der Waals surface area contributed by atoms with Gasteiger partial charge in [-0.15, -0.1) is 0 Å². The number of ether oxygens (including phenoxy) is 1. The molecule has 0 N–H and O–H groups in total. The Balaban J connectivity index is 1.57. The van der Waals surface area contributed by atoms with Crippen molar-refractivity contribution in [3.8, 4) is 0 Å². The molecule has 0 amide bonds. The van der Waals surface area contributed by atoms with E-state index in [0.29, 0.717) is 5.92 Å². The summed E-state index contributed by atoms with van der Waals surface area (Å²) in [7, 11) is 0. The molecule has 1 saturated heterocycles. The quantitative estimate of drug-likeness (QED) is 0.645. The predicted molar refractivity (Wildman–Crippen MR) is 104 cm³/mol. The van der Waals surface area contributed by atoms with Crippen LogP contribution in [0.4, 0.5) is 0 Å². The van der Waals surface area contributed by atoms with Gasteiger partial charge < -0.3 is 9.30 Å². The molecule has 1 aliphatic rings. The average molecular weight is 365 g/mol. The zero-order valence-electron chi connectivity index (χ0n) is 16.1. The average Bonchev–Trinajstić information content (AvgIpc) is 3.40. The molecule has 0 saturated carbocycles. The highest BCUT2D eigenvalue weighted by Gasteiger charge is 2.23. The van der Waals surface area contributed by atoms with Gasteiger partial charge in [-0.2, -0.15) is 5.10 Å². The van der Waals surface area contributed by atoms with E-state index in [-0.39, 0.29) is 0 Å². The smallest absolute Gasteiger partial charge is 0.156 e. The maximum atomic E-state index is 5.54. The van der Waals surface area contributed by atoms with Crippen LogP contribution in [0, 0.1) is 6.92 Å². The largest absolute Gasteiger partial charge is 0.381 e. The van der Waals surface area contributed by atoms with Gasteiger partial charge in [-0.25, -0.2) is 14.6 Å². The van der Waals surface area contributed by atoms with E-state index in [1.807, 2.05) is 12.4 Å². The fourth-order valence-corrected chi connectivity index (χ4v) is 3.68. The van der Waals surface area contributed by atoms with Gasteiger partial charge in [-0.3, -0.25) is 0 Å². The van der Waals surface area contributed by atoms with Crippen molar-refractivity contribution in [2.75, 3.05) is 13.2 Å². The van der Waals surface area contributed by atoms with Gasteiger partial charge in [0.15, 0.2) is 5.82 Å². The third-order valence-electron chi connectivity index (χ3n) is 5.17. The van der Waals surface area contributed by atoms with Crippen molar-refractivity contribution in [1.82, 2.24) is 24.3 Å². The molecule has 142 valence electrons. The molecule has 0 unspecified atom stereocenters. The lowest BCUT2D eigenvalue weighted by molar-refractivity contribution is 0.193. The first kappa shape index (κ1) is 17.9. The number of aryl methyl sites for hydroxylation is 4. The highest BCUT2D eigenvalue weighted by atomic mass is 16.5. The molecule has 3 heterocycles. The molecule has 1 fully saturated rings. The second kappa shape index (κ2) is 8.05. The Morgan fingerprint density at radius 1 is 1.26 bits per heavy atom. The van der Waals surface area contributed by atoms with E-state index in [0.717, 1.165) is 63.0 Å². The van der Waals surface area contributed by atoms with Crippen LogP contribution in [0.25, 0.3) is 0 Å². The molecular formula is C21H27N5O. The lowest BCUT2D eigenvalue weighted by Crippen LogP contribution is -2.11. The third kappa shape index (κ3) is 4.11. The maximum absolute atomic E-state index is 5.54. The first-order valence-electron chi connectivity index (χ1n) is 9.80. The SMILES string of the molecule is CCc1nccn1CCc1nc([C@H]2CCOC2)nn1Cc1cccc(C)c1. The lowest BCUT2D eigenvalue weighted by atomic mass is 10.1. The first-order valence-corrected chi connectivity index (χ1v) is 9.80. The molecule has 1 atom stereocenters. The van der Waals surface area contributed by atoms with E-state index in [4.69, 9.17) is 14.8 Å². The van der Waals surface area contributed by atoms with Gasteiger partial charge >= 0.3 is 0 Å². The molecule has 27 heavy (non-hydrogen) atoms. The second-order valence-electron chi connectivity index (χ2n) is 7.23. The Kier molecular flexibility index (Phi) is 5.34. The molecule has 4 rings (SSSR count). The number of imidazole rings is 1. The summed E-state index contributed by atoms with van der Waals surface area (Å²) in [6, 6.07) is 8.60. The summed E-state index contributed by atoms with van der Waals surface area (Å²) >= 11 is 0. The van der Waals surface area contributed by atoms with Gasteiger partial charge in [-0.1, -0.05) is 36.8 Å². The van der Waals surface area contributed by atoms with Crippen LogP contribution in [-0.2, 0) is 30.7 Å². The highest BCUT2D eigenvalue weighted by Crippen LogP contribution is 2.23. The van der Waals surface area contributed by atoms with Crippen molar-refractivity contribution in [1.29, 1.82) is 0 Å². The molecule has 3 aromatic rings. The van der Waals surface area contributed by atoms with E-state index in [9.17, 15) is 0 Å². The zero-order chi connectivity index (χ0) is 18.6. The Bertz CT molecular complexity index is 892. The minimum Gasteiger partial charge on any atom is -0.381 e. The Hall–Kier alpha value is -2.47. The fraction of sp³-hybridized carbons (Fsp3) is 0.476. The molecule has 1 aliphatic heterocycles. The summed E-state index contributed by atoms with van der Waals surface area (Å²) < 4.78 is 9.83. The summed E-state index contributed by atoms with van der Waals surface area (Å²) in [5, 5.41) is 4.86.